The van der Waals surface area contributed by atoms with Gasteiger partial charge in [0.15, 0.2) is 0 Å². The van der Waals surface area contributed by atoms with E-state index in [0.29, 0.717) is 10.2 Å². The summed E-state index contributed by atoms with van der Waals surface area (Å²) in [4.78, 5) is 17.5. The van der Waals surface area contributed by atoms with Crippen LogP contribution in [0.1, 0.15) is 10.4 Å². The van der Waals surface area contributed by atoms with Gasteiger partial charge in [-0.3, -0.25) is 4.79 Å². The molecule has 2 aromatic carbocycles. The first-order valence-electron chi connectivity index (χ1n) is 9.26. The van der Waals surface area contributed by atoms with E-state index in [4.69, 9.17) is 0 Å². The van der Waals surface area contributed by atoms with Gasteiger partial charge < -0.3 is 15.1 Å². The molecular formula is C20H25BrN4O3S. The minimum atomic E-state index is -3.67. The zero-order valence-electron chi connectivity index (χ0n) is 16.7. The van der Waals surface area contributed by atoms with Crippen molar-refractivity contribution in [3.63, 3.8) is 0 Å². The lowest BCUT2D eigenvalue weighted by atomic mass is 10.2. The van der Waals surface area contributed by atoms with Crippen molar-refractivity contribution in [1.29, 1.82) is 0 Å². The normalized spacial score (nSPS) is 15.6. The number of hydrogen-bond acceptors (Lipinski definition) is 5. The number of sulfonamides is 1. The molecule has 1 fully saturated rings. The van der Waals surface area contributed by atoms with Crippen LogP contribution in [0.5, 0.6) is 0 Å². The van der Waals surface area contributed by atoms with Gasteiger partial charge in [-0.05, 0) is 53.3 Å². The van der Waals surface area contributed by atoms with Gasteiger partial charge in [-0.15, -0.1) is 0 Å². The first kappa shape index (κ1) is 21.8. The van der Waals surface area contributed by atoms with E-state index in [0.717, 1.165) is 36.2 Å². The first-order chi connectivity index (χ1) is 13.7. The van der Waals surface area contributed by atoms with Gasteiger partial charge in [-0.2, -0.15) is 0 Å². The van der Waals surface area contributed by atoms with Crippen molar-refractivity contribution in [3.8, 4) is 0 Å². The molecular weight excluding hydrogens is 456 g/mol. The Morgan fingerprint density at radius 3 is 2.38 bits per heavy atom. The molecule has 3 rings (SSSR count). The number of carbonyl (C=O) groups is 1. The summed E-state index contributed by atoms with van der Waals surface area (Å²) < 4.78 is 26.6. The summed E-state index contributed by atoms with van der Waals surface area (Å²) in [6.45, 7) is 3.68. The predicted molar refractivity (Wildman–Crippen MR) is 119 cm³/mol. The highest BCUT2D eigenvalue weighted by atomic mass is 79.9. The lowest BCUT2D eigenvalue weighted by molar-refractivity contribution is 0.102. The molecule has 2 aromatic rings. The van der Waals surface area contributed by atoms with Gasteiger partial charge >= 0.3 is 0 Å². The molecule has 7 nitrogen and oxygen atoms in total. The van der Waals surface area contributed by atoms with E-state index in [9.17, 15) is 13.2 Å². The Morgan fingerprint density at radius 1 is 1.07 bits per heavy atom. The minimum absolute atomic E-state index is 0.0579. The molecule has 0 saturated carbocycles. The third-order valence-electron chi connectivity index (χ3n) is 4.95. The van der Waals surface area contributed by atoms with Gasteiger partial charge in [0.2, 0.25) is 10.0 Å². The van der Waals surface area contributed by atoms with Crippen LogP contribution in [-0.4, -0.2) is 70.9 Å². The van der Waals surface area contributed by atoms with Crippen molar-refractivity contribution in [1.82, 2.24) is 9.21 Å². The highest BCUT2D eigenvalue weighted by molar-refractivity contribution is 9.10. The lowest BCUT2D eigenvalue weighted by Gasteiger charge is -2.35. The van der Waals surface area contributed by atoms with Crippen molar-refractivity contribution in [2.24, 2.45) is 0 Å². The second-order valence-corrected chi connectivity index (χ2v) is 10.2. The number of nitrogens with zero attached hydrogens (tertiary/aromatic N) is 3. The van der Waals surface area contributed by atoms with Crippen LogP contribution in [0.2, 0.25) is 0 Å². The predicted octanol–water partition coefficient (Wildman–Crippen LogP) is 2.70. The molecule has 9 heteroatoms. The van der Waals surface area contributed by atoms with Gasteiger partial charge in [-0.1, -0.05) is 12.1 Å². The second kappa shape index (κ2) is 8.83. The van der Waals surface area contributed by atoms with Gasteiger partial charge in [-0.25, -0.2) is 12.7 Å². The quantitative estimate of drug-likeness (QED) is 0.711. The number of amides is 1. The van der Waals surface area contributed by atoms with Crippen molar-refractivity contribution in [2.75, 3.05) is 57.5 Å². The molecule has 0 aromatic heterocycles. The fraction of sp³-hybridized carbons (Fsp3) is 0.350. The summed E-state index contributed by atoms with van der Waals surface area (Å²) in [6.07, 6.45) is 0. The molecule has 1 saturated heterocycles. The zero-order valence-corrected chi connectivity index (χ0v) is 19.1. The first-order valence-corrected chi connectivity index (χ1v) is 11.5. The summed E-state index contributed by atoms with van der Waals surface area (Å²) in [7, 11) is 1.34. The number of benzene rings is 2. The third-order valence-corrected chi connectivity index (χ3v) is 7.76. The molecule has 0 radical (unpaired) electrons. The van der Waals surface area contributed by atoms with Gasteiger partial charge in [0.25, 0.3) is 5.91 Å². The number of rotatable bonds is 5. The Kier molecular flexibility index (Phi) is 6.62. The van der Waals surface area contributed by atoms with Crippen LogP contribution < -0.4 is 10.2 Å². The van der Waals surface area contributed by atoms with E-state index in [1.54, 1.807) is 12.1 Å². The summed E-state index contributed by atoms with van der Waals surface area (Å²) >= 11 is 3.27. The number of halogens is 1. The molecule has 0 spiro atoms. The van der Waals surface area contributed by atoms with Crippen LogP contribution in [0.15, 0.2) is 51.8 Å². The Balaban J connectivity index is 1.87. The van der Waals surface area contributed by atoms with Gasteiger partial charge in [0, 0.05) is 50.3 Å². The molecule has 1 amide bonds. The second-order valence-electron chi connectivity index (χ2n) is 7.19. The molecule has 156 valence electrons. The van der Waals surface area contributed by atoms with E-state index in [1.165, 1.54) is 20.2 Å². The topological polar surface area (TPSA) is 73.0 Å². The maximum absolute atomic E-state index is 12.9. The maximum atomic E-state index is 12.9. The van der Waals surface area contributed by atoms with Crippen molar-refractivity contribution >= 4 is 43.2 Å². The average Bonchev–Trinajstić information content (AvgIpc) is 2.69. The standard InChI is InChI=1S/C20H25BrN4O3S/c1-23(2)29(27,28)19-14-15(8-9-16(19)21)20(26)22-17-6-4-5-7-18(17)25-12-10-24(3)11-13-25/h4-9,14H,10-13H2,1-3H3,(H,22,26). The fourth-order valence-corrected chi connectivity index (χ4v) is 4.98. The van der Waals surface area contributed by atoms with Crippen molar-refractivity contribution in [2.45, 2.75) is 4.90 Å². The molecule has 0 aliphatic carbocycles. The number of nitrogens with one attached hydrogen (secondary N) is 1. The van der Waals surface area contributed by atoms with Crippen LogP contribution >= 0.6 is 15.9 Å². The molecule has 0 unspecified atom stereocenters. The van der Waals surface area contributed by atoms with E-state index < -0.39 is 10.0 Å². The third kappa shape index (κ3) is 4.80. The Labute approximate surface area is 180 Å². The number of piperazine rings is 1. The van der Waals surface area contributed by atoms with Gasteiger partial charge in [0.1, 0.15) is 0 Å². The molecule has 1 heterocycles. The number of likely N-dealkylation sites (N-methyl/N-ethyl adjacent to an activating group) is 1. The average molecular weight is 481 g/mol. The Bertz CT molecular complexity index is 1000. The van der Waals surface area contributed by atoms with Crippen LogP contribution in [0.4, 0.5) is 11.4 Å². The van der Waals surface area contributed by atoms with Crippen molar-refractivity contribution < 1.29 is 13.2 Å². The van der Waals surface area contributed by atoms with Crippen LogP contribution in [0.3, 0.4) is 0 Å². The molecule has 29 heavy (non-hydrogen) atoms. The fourth-order valence-electron chi connectivity index (χ4n) is 3.14. The van der Waals surface area contributed by atoms with E-state index in [2.05, 4.69) is 38.1 Å². The molecule has 0 atom stereocenters. The van der Waals surface area contributed by atoms with Gasteiger partial charge in [0.05, 0.1) is 16.3 Å². The number of carbonyl (C=O) groups excluding carboxylic acids is 1. The van der Waals surface area contributed by atoms with E-state index >= 15 is 0 Å². The molecule has 1 aliphatic rings. The molecule has 1 aliphatic heterocycles. The highest BCUT2D eigenvalue weighted by Crippen LogP contribution is 2.29. The van der Waals surface area contributed by atoms with Crippen LogP contribution in [-0.2, 0) is 10.0 Å². The van der Waals surface area contributed by atoms with E-state index in [1.807, 2.05) is 24.3 Å². The largest absolute Gasteiger partial charge is 0.367 e. The monoisotopic (exact) mass is 480 g/mol. The lowest BCUT2D eigenvalue weighted by Crippen LogP contribution is -2.44. The summed E-state index contributed by atoms with van der Waals surface area (Å²) in [6, 6.07) is 12.3. The maximum Gasteiger partial charge on any atom is 0.255 e. The SMILES string of the molecule is CN1CCN(c2ccccc2NC(=O)c2ccc(Br)c(S(=O)(=O)N(C)C)c2)CC1. The smallest absolute Gasteiger partial charge is 0.255 e. The summed E-state index contributed by atoms with van der Waals surface area (Å²) in [5, 5.41) is 2.94. The zero-order chi connectivity index (χ0) is 21.2. The number of anilines is 2. The van der Waals surface area contributed by atoms with Crippen LogP contribution in [0.25, 0.3) is 0 Å². The molecule has 0 bridgehead atoms. The summed E-state index contributed by atoms with van der Waals surface area (Å²) in [5.41, 5.74) is 1.95. The summed E-state index contributed by atoms with van der Waals surface area (Å²) in [5.74, 6) is -0.353. The number of para-hydroxylation sites is 2. The molecule has 1 N–H and O–H groups in total. The Morgan fingerprint density at radius 2 is 1.72 bits per heavy atom. The van der Waals surface area contributed by atoms with Crippen LogP contribution in [0, 0.1) is 0 Å². The van der Waals surface area contributed by atoms with E-state index in [-0.39, 0.29) is 16.4 Å². The highest BCUT2D eigenvalue weighted by Gasteiger charge is 2.23. The minimum Gasteiger partial charge on any atom is -0.367 e. The number of hydrogen-bond donors (Lipinski definition) is 1. The van der Waals surface area contributed by atoms with Crippen molar-refractivity contribution in [3.05, 3.63) is 52.5 Å². The Hall–Kier alpha value is -1.94.